The molecule has 2 rings (SSSR count). The molecule has 0 aliphatic carbocycles. The minimum absolute atomic E-state index is 0.564. The van der Waals surface area contributed by atoms with Crippen LogP contribution in [-0.4, -0.2) is 20.2 Å². The molecule has 84 valence electrons. The van der Waals surface area contributed by atoms with Gasteiger partial charge in [0.05, 0.1) is 6.54 Å². The molecule has 0 amide bonds. The SMILES string of the molecule is CC(C)Cc1nnn(Cc2ccccc2)n1. The Morgan fingerprint density at radius 2 is 1.94 bits per heavy atom. The van der Waals surface area contributed by atoms with E-state index in [-0.39, 0.29) is 0 Å². The topological polar surface area (TPSA) is 43.6 Å². The van der Waals surface area contributed by atoms with Crippen LogP contribution in [0.3, 0.4) is 0 Å². The van der Waals surface area contributed by atoms with Crippen LogP contribution < -0.4 is 0 Å². The summed E-state index contributed by atoms with van der Waals surface area (Å²) in [5, 5.41) is 12.4. The Labute approximate surface area is 95.3 Å². The van der Waals surface area contributed by atoms with Gasteiger partial charge in [-0.1, -0.05) is 44.2 Å². The van der Waals surface area contributed by atoms with Crippen LogP contribution >= 0.6 is 0 Å². The molecule has 1 aromatic carbocycles. The summed E-state index contributed by atoms with van der Waals surface area (Å²) in [6.07, 6.45) is 0.884. The fraction of sp³-hybridized carbons (Fsp3) is 0.417. The lowest BCUT2D eigenvalue weighted by atomic mass is 10.1. The molecule has 16 heavy (non-hydrogen) atoms. The summed E-state index contributed by atoms with van der Waals surface area (Å²) in [7, 11) is 0. The Bertz CT molecular complexity index is 433. The maximum Gasteiger partial charge on any atom is 0.175 e. The lowest BCUT2D eigenvalue weighted by Gasteiger charge is -1.99. The van der Waals surface area contributed by atoms with E-state index < -0.39 is 0 Å². The Balaban J connectivity index is 2.03. The second-order valence-electron chi connectivity index (χ2n) is 4.32. The van der Waals surface area contributed by atoms with Gasteiger partial charge in [0.15, 0.2) is 5.82 Å². The van der Waals surface area contributed by atoms with E-state index in [0.717, 1.165) is 12.2 Å². The summed E-state index contributed by atoms with van der Waals surface area (Å²) in [5.74, 6) is 1.39. The summed E-state index contributed by atoms with van der Waals surface area (Å²) in [5.41, 5.74) is 1.19. The lowest BCUT2D eigenvalue weighted by Crippen LogP contribution is -2.04. The standard InChI is InChI=1S/C12H16N4/c1-10(2)8-12-13-15-16(14-12)9-11-6-4-3-5-7-11/h3-7,10H,8-9H2,1-2H3. The van der Waals surface area contributed by atoms with Crippen molar-refractivity contribution < 1.29 is 0 Å². The maximum atomic E-state index is 4.34. The monoisotopic (exact) mass is 216 g/mol. The van der Waals surface area contributed by atoms with E-state index in [0.29, 0.717) is 12.5 Å². The van der Waals surface area contributed by atoms with Crippen molar-refractivity contribution in [2.24, 2.45) is 5.92 Å². The van der Waals surface area contributed by atoms with E-state index in [1.807, 2.05) is 18.2 Å². The van der Waals surface area contributed by atoms with E-state index in [4.69, 9.17) is 0 Å². The molecule has 4 heteroatoms. The van der Waals surface area contributed by atoms with Crippen LogP contribution in [0.15, 0.2) is 30.3 Å². The molecule has 1 heterocycles. The van der Waals surface area contributed by atoms with Crippen molar-refractivity contribution in [1.82, 2.24) is 20.2 Å². The summed E-state index contributed by atoms with van der Waals surface area (Å²) < 4.78 is 0. The van der Waals surface area contributed by atoms with Gasteiger partial charge in [-0.05, 0) is 16.7 Å². The zero-order chi connectivity index (χ0) is 11.4. The van der Waals surface area contributed by atoms with Crippen LogP contribution in [0.2, 0.25) is 0 Å². The van der Waals surface area contributed by atoms with Crippen LogP contribution in [-0.2, 0) is 13.0 Å². The zero-order valence-corrected chi connectivity index (χ0v) is 9.67. The van der Waals surface area contributed by atoms with E-state index in [1.54, 1.807) is 4.80 Å². The fourth-order valence-electron chi connectivity index (χ4n) is 1.54. The minimum Gasteiger partial charge on any atom is -0.160 e. The largest absolute Gasteiger partial charge is 0.175 e. The molecular weight excluding hydrogens is 200 g/mol. The maximum absolute atomic E-state index is 4.34. The van der Waals surface area contributed by atoms with Crippen LogP contribution in [0.4, 0.5) is 0 Å². The molecule has 1 aromatic heterocycles. The molecule has 4 nitrogen and oxygen atoms in total. The molecule has 0 saturated carbocycles. The Morgan fingerprint density at radius 3 is 2.62 bits per heavy atom. The number of tetrazole rings is 1. The third-order valence-electron chi connectivity index (χ3n) is 2.25. The Kier molecular flexibility index (Phi) is 3.29. The first kappa shape index (κ1) is 10.8. The van der Waals surface area contributed by atoms with E-state index in [9.17, 15) is 0 Å². The first-order chi connectivity index (χ1) is 7.74. The summed E-state index contributed by atoms with van der Waals surface area (Å²) in [6, 6.07) is 10.2. The van der Waals surface area contributed by atoms with Gasteiger partial charge >= 0.3 is 0 Å². The Morgan fingerprint density at radius 1 is 1.19 bits per heavy atom. The molecule has 0 bridgehead atoms. The molecule has 0 atom stereocenters. The number of rotatable bonds is 4. The van der Waals surface area contributed by atoms with Crippen molar-refractivity contribution in [2.45, 2.75) is 26.8 Å². The fourth-order valence-corrected chi connectivity index (χ4v) is 1.54. The first-order valence-electron chi connectivity index (χ1n) is 5.54. The van der Waals surface area contributed by atoms with Crippen LogP contribution in [0.1, 0.15) is 25.2 Å². The van der Waals surface area contributed by atoms with E-state index in [1.165, 1.54) is 5.56 Å². The number of benzene rings is 1. The molecule has 0 aliphatic heterocycles. The predicted molar refractivity (Wildman–Crippen MR) is 61.9 cm³/mol. The van der Waals surface area contributed by atoms with Gasteiger partial charge in [0, 0.05) is 6.42 Å². The zero-order valence-electron chi connectivity index (χ0n) is 9.67. The third-order valence-corrected chi connectivity index (χ3v) is 2.25. The summed E-state index contributed by atoms with van der Waals surface area (Å²) >= 11 is 0. The number of nitrogens with zero attached hydrogens (tertiary/aromatic N) is 4. The van der Waals surface area contributed by atoms with Crippen LogP contribution in [0, 0.1) is 5.92 Å². The lowest BCUT2D eigenvalue weighted by molar-refractivity contribution is 0.564. The van der Waals surface area contributed by atoms with E-state index in [2.05, 4.69) is 41.4 Å². The quantitative estimate of drug-likeness (QED) is 0.784. The highest BCUT2D eigenvalue weighted by atomic mass is 15.6. The molecule has 0 saturated heterocycles. The van der Waals surface area contributed by atoms with Gasteiger partial charge in [-0.2, -0.15) is 4.80 Å². The Hall–Kier alpha value is -1.71. The minimum atomic E-state index is 0.564. The molecule has 0 aliphatic rings. The van der Waals surface area contributed by atoms with Crippen molar-refractivity contribution in [3.63, 3.8) is 0 Å². The average molecular weight is 216 g/mol. The molecule has 0 fully saturated rings. The van der Waals surface area contributed by atoms with Crippen molar-refractivity contribution in [3.05, 3.63) is 41.7 Å². The van der Waals surface area contributed by atoms with Gasteiger partial charge in [0.2, 0.25) is 0 Å². The van der Waals surface area contributed by atoms with Crippen LogP contribution in [0.25, 0.3) is 0 Å². The average Bonchev–Trinajstić information content (AvgIpc) is 2.66. The second-order valence-corrected chi connectivity index (χ2v) is 4.32. The highest BCUT2D eigenvalue weighted by Crippen LogP contribution is 2.03. The van der Waals surface area contributed by atoms with Crippen molar-refractivity contribution in [1.29, 1.82) is 0 Å². The van der Waals surface area contributed by atoms with Gasteiger partial charge in [-0.15, -0.1) is 10.2 Å². The molecule has 2 aromatic rings. The van der Waals surface area contributed by atoms with Gasteiger partial charge in [0.1, 0.15) is 0 Å². The number of hydrogen-bond donors (Lipinski definition) is 0. The van der Waals surface area contributed by atoms with E-state index >= 15 is 0 Å². The van der Waals surface area contributed by atoms with Crippen LogP contribution in [0.5, 0.6) is 0 Å². The third kappa shape index (κ3) is 2.89. The van der Waals surface area contributed by atoms with Gasteiger partial charge in [0.25, 0.3) is 0 Å². The van der Waals surface area contributed by atoms with Gasteiger partial charge < -0.3 is 0 Å². The molecule has 0 unspecified atom stereocenters. The first-order valence-corrected chi connectivity index (χ1v) is 5.54. The normalized spacial score (nSPS) is 10.9. The molecule has 0 N–H and O–H groups in total. The second kappa shape index (κ2) is 4.88. The number of hydrogen-bond acceptors (Lipinski definition) is 3. The highest BCUT2D eigenvalue weighted by molar-refractivity contribution is 5.14. The highest BCUT2D eigenvalue weighted by Gasteiger charge is 2.05. The predicted octanol–water partition coefficient (Wildman–Crippen LogP) is 1.92. The number of aromatic nitrogens is 4. The summed E-state index contributed by atoms with van der Waals surface area (Å²) in [6.45, 7) is 4.99. The molecular formula is C12H16N4. The van der Waals surface area contributed by atoms with Gasteiger partial charge in [-0.25, -0.2) is 0 Å². The van der Waals surface area contributed by atoms with Crippen molar-refractivity contribution in [3.8, 4) is 0 Å². The van der Waals surface area contributed by atoms with Crippen molar-refractivity contribution >= 4 is 0 Å². The smallest absolute Gasteiger partial charge is 0.160 e. The molecule has 0 spiro atoms. The summed E-state index contributed by atoms with van der Waals surface area (Å²) in [4.78, 5) is 1.65. The van der Waals surface area contributed by atoms with Crippen molar-refractivity contribution in [2.75, 3.05) is 0 Å². The molecule has 0 radical (unpaired) electrons. The van der Waals surface area contributed by atoms with Gasteiger partial charge in [-0.3, -0.25) is 0 Å².